The van der Waals surface area contributed by atoms with E-state index < -0.39 is 11.9 Å². The van der Waals surface area contributed by atoms with Gasteiger partial charge in [0.1, 0.15) is 5.82 Å². The fourth-order valence-electron chi connectivity index (χ4n) is 3.14. The summed E-state index contributed by atoms with van der Waals surface area (Å²) >= 11 is 0. The summed E-state index contributed by atoms with van der Waals surface area (Å²) < 4.78 is 13.7. The van der Waals surface area contributed by atoms with Crippen molar-refractivity contribution in [3.8, 4) is 0 Å². The number of carbonyl (C=O) groups excluding carboxylic acids is 2. The summed E-state index contributed by atoms with van der Waals surface area (Å²) in [6, 6.07) is 3.98. The molecule has 1 fully saturated rings. The molecule has 1 heterocycles. The zero-order valence-corrected chi connectivity index (χ0v) is 15.5. The number of aliphatic hydroxyl groups is 1. The van der Waals surface area contributed by atoms with E-state index in [-0.39, 0.29) is 23.7 Å². The van der Waals surface area contributed by atoms with Gasteiger partial charge in [0, 0.05) is 44.8 Å². The first-order valence-corrected chi connectivity index (χ1v) is 8.85. The molecule has 0 bridgehead atoms. The first-order valence-electron chi connectivity index (χ1n) is 8.85. The van der Waals surface area contributed by atoms with Crippen molar-refractivity contribution in [2.75, 3.05) is 36.8 Å². The van der Waals surface area contributed by atoms with Gasteiger partial charge in [0.25, 0.3) is 0 Å². The molecule has 2 rings (SSSR count). The van der Waals surface area contributed by atoms with E-state index in [1.165, 1.54) is 25.1 Å². The highest BCUT2D eigenvalue weighted by atomic mass is 19.1. The number of amides is 3. The van der Waals surface area contributed by atoms with E-state index in [0.717, 1.165) is 6.42 Å². The summed E-state index contributed by atoms with van der Waals surface area (Å²) in [5.41, 5.74) is 0.447. The molecule has 144 valence electrons. The van der Waals surface area contributed by atoms with Gasteiger partial charge in [0.2, 0.25) is 5.91 Å². The van der Waals surface area contributed by atoms with Crippen molar-refractivity contribution in [1.29, 1.82) is 0 Å². The number of aliphatic hydroxyl groups excluding tert-OH is 1. The lowest BCUT2D eigenvalue weighted by Gasteiger charge is -2.41. The lowest BCUT2D eigenvalue weighted by atomic mass is 10.1. The van der Waals surface area contributed by atoms with Crippen molar-refractivity contribution in [2.45, 2.75) is 39.3 Å². The summed E-state index contributed by atoms with van der Waals surface area (Å²) in [6.45, 7) is 7.50. The second-order valence-electron chi connectivity index (χ2n) is 6.66. The van der Waals surface area contributed by atoms with Crippen molar-refractivity contribution in [2.24, 2.45) is 0 Å². The number of rotatable bonds is 5. The predicted molar refractivity (Wildman–Crippen MR) is 98.6 cm³/mol. The first-order chi connectivity index (χ1) is 12.3. The second-order valence-corrected chi connectivity index (χ2v) is 6.66. The summed E-state index contributed by atoms with van der Waals surface area (Å²) in [5, 5.41) is 14.8. The van der Waals surface area contributed by atoms with E-state index in [9.17, 15) is 19.1 Å². The number of hydrogen-bond donors (Lipinski definition) is 3. The summed E-state index contributed by atoms with van der Waals surface area (Å²) in [5.74, 6) is -0.941. The number of nitrogens with one attached hydrogen (secondary N) is 2. The highest BCUT2D eigenvalue weighted by Crippen LogP contribution is 2.21. The number of urea groups is 1. The zero-order valence-electron chi connectivity index (χ0n) is 15.5. The molecular formula is C18H27FN4O3. The van der Waals surface area contributed by atoms with Crippen molar-refractivity contribution in [3.63, 3.8) is 0 Å². The van der Waals surface area contributed by atoms with Crippen molar-refractivity contribution in [1.82, 2.24) is 9.80 Å². The third kappa shape index (κ3) is 5.40. The minimum atomic E-state index is -0.559. The Labute approximate surface area is 153 Å². The molecule has 1 aliphatic heterocycles. The van der Waals surface area contributed by atoms with Crippen LogP contribution in [-0.2, 0) is 4.79 Å². The van der Waals surface area contributed by atoms with E-state index in [1.807, 2.05) is 0 Å². The molecule has 8 heteroatoms. The van der Waals surface area contributed by atoms with Gasteiger partial charge >= 0.3 is 6.03 Å². The molecule has 0 unspecified atom stereocenters. The molecule has 0 spiro atoms. The van der Waals surface area contributed by atoms with Crippen LogP contribution in [0, 0.1) is 5.82 Å². The molecule has 3 amide bonds. The fraction of sp³-hybridized carbons (Fsp3) is 0.556. The van der Waals surface area contributed by atoms with Crippen LogP contribution in [0.4, 0.5) is 20.6 Å². The Bertz CT molecular complexity index is 653. The van der Waals surface area contributed by atoms with Gasteiger partial charge in [0.15, 0.2) is 0 Å². The molecule has 3 N–H and O–H groups in total. The van der Waals surface area contributed by atoms with Crippen LogP contribution in [0.15, 0.2) is 18.2 Å². The molecule has 1 aliphatic rings. The standard InChI is InChI=1S/C18H27FN4O3/c1-4-15-11-23(8-7-22(15)10-12(2)24)18(26)21-14-5-6-16(19)17(9-14)20-13(3)25/h5-6,9,12,15,24H,4,7-8,10-11H2,1-3H3,(H,20,25)(H,21,26)/t12-,15+/m1/s1. The molecule has 0 aliphatic carbocycles. The minimum absolute atomic E-state index is 0.0310. The van der Waals surface area contributed by atoms with Crippen LogP contribution in [-0.4, -0.2) is 65.2 Å². The maximum atomic E-state index is 13.7. The van der Waals surface area contributed by atoms with Gasteiger partial charge in [0.05, 0.1) is 11.8 Å². The van der Waals surface area contributed by atoms with E-state index in [4.69, 9.17) is 0 Å². The number of halogens is 1. The number of β-amino-alcohol motifs (C(OH)–C–C–N with tert-alkyl or cyclic N) is 1. The number of hydrogen-bond acceptors (Lipinski definition) is 4. The van der Waals surface area contributed by atoms with Gasteiger partial charge in [-0.3, -0.25) is 9.69 Å². The van der Waals surface area contributed by atoms with Crippen LogP contribution in [0.1, 0.15) is 27.2 Å². The molecule has 1 aromatic rings. The lowest BCUT2D eigenvalue weighted by molar-refractivity contribution is -0.114. The van der Waals surface area contributed by atoms with Crippen LogP contribution in [0.2, 0.25) is 0 Å². The third-order valence-corrected chi connectivity index (χ3v) is 4.39. The number of anilines is 2. The molecule has 0 radical (unpaired) electrons. The van der Waals surface area contributed by atoms with Crippen LogP contribution in [0.25, 0.3) is 0 Å². The minimum Gasteiger partial charge on any atom is -0.392 e. The Hall–Kier alpha value is -2.19. The van der Waals surface area contributed by atoms with Gasteiger partial charge in [-0.1, -0.05) is 6.92 Å². The normalized spacial score (nSPS) is 19.1. The van der Waals surface area contributed by atoms with Gasteiger partial charge in [-0.25, -0.2) is 9.18 Å². The van der Waals surface area contributed by atoms with Crippen LogP contribution >= 0.6 is 0 Å². The average molecular weight is 366 g/mol. The topological polar surface area (TPSA) is 84.9 Å². The molecule has 26 heavy (non-hydrogen) atoms. The van der Waals surface area contributed by atoms with E-state index >= 15 is 0 Å². The van der Waals surface area contributed by atoms with Crippen molar-refractivity contribution < 1.29 is 19.1 Å². The monoisotopic (exact) mass is 366 g/mol. The molecule has 0 saturated carbocycles. The zero-order chi connectivity index (χ0) is 19.3. The average Bonchev–Trinajstić information content (AvgIpc) is 2.57. The quantitative estimate of drug-likeness (QED) is 0.745. The fourth-order valence-corrected chi connectivity index (χ4v) is 3.14. The number of carbonyl (C=O) groups is 2. The highest BCUT2D eigenvalue weighted by Gasteiger charge is 2.29. The van der Waals surface area contributed by atoms with Crippen LogP contribution in [0.3, 0.4) is 0 Å². The van der Waals surface area contributed by atoms with E-state index in [2.05, 4.69) is 22.5 Å². The number of benzene rings is 1. The molecular weight excluding hydrogens is 339 g/mol. The van der Waals surface area contributed by atoms with E-state index in [0.29, 0.717) is 31.9 Å². The molecule has 2 atom stereocenters. The lowest BCUT2D eigenvalue weighted by Crippen LogP contribution is -2.56. The molecule has 7 nitrogen and oxygen atoms in total. The van der Waals surface area contributed by atoms with Crippen LogP contribution < -0.4 is 10.6 Å². The maximum absolute atomic E-state index is 13.7. The Morgan fingerprint density at radius 1 is 1.35 bits per heavy atom. The SMILES string of the molecule is CC[C@H]1CN(C(=O)Nc2ccc(F)c(NC(C)=O)c2)CCN1C[C@@H](C)O. The van der Waals surface area contributed by atoms with Gasteiger partial charge in [-0.05, 0) is 31.5 Å². The Balaban J connectivity index is 2.01. The summed E-state index contributed by atoms with van der Waals surface area (Å²) in [6.07, 6.45) is 0.468. The molecule has 0 aromatic heterocycles. The smallest absolute Gasteiger partial charge is 0.321 e. The first kappa shape index (κ1) is 20.1. The Kier molecular flexibility index (Phi) is 6.93. The van der Waals surface area contributed by atoms with Gasteiger partial charge < -0.3 is 20.6 Å². The molecule has 1 saturated heterocycles. The van der Waals surface area contributed by atoms with Crippen LogP contribution in [0.5, 0.6) is 0 Å². The Morgan fingerprint density at radius 3 is 2.69 bits per heavy atom. The molecule has 1 aromatic carbocycles. The van der Waals surface area contributed by atoms with Crippen molar-refractivity contribution in [3.05, 3.63) is 24.0 Å². The second kappa shape index (κ2) is 8.95. The van der Waals surface area contributed by atoms with Gasteiger partial charge in [-0.15, -0.1) is 0 Å². The van der Waals surface area contributed by atoms with E-state index in [1.54, 1.807) is 11.8 Å². The largest absolute Gasteiger partial charge is 0.392 e. The summed E-state index contributed by atoms with van der Waals surface area (Å²) in [7, 11) is 0. The maximum Gasteiger partial charge on any atom is 0.321 e. The number of piperazine rings is 1. The highest BCUT2D eigenvalue weighted by molar-refractivity contribution is 5.92. The number of nitrogens with zero attached hydrogens (tertiary/aromatic N) is 2. The predicted octanol–water partition coefficient (Wildman–Crippen LogP) is 2.09. The van der Waals surface area contributed by atoms with Gasteiger partial charge in [-0.2, -0.15) is 0 Å². The van der Waals surface area contributed by atoms with Crippen molar-refractivity contribution >= 4 is 23.3 Å². The third-order valence-electron chi connectivity index (χ3n) is 4.39. The Morgan fingerprint density at radius 2 is 2.08 bits per heavy atom. The summed E-state index contributed by atoms with van der Waals surface area (Å²) in [4.78, 5) is 27.6.